The van der Waals surface area contributed by atoms with Crippen molar-refractivity contribution in [3.05, 3.63) is 47.3 Å². The van der Waals surface area contributed by atoms with Crippen LogP contribution in [0.15, 0.2) is 30.3 Å². The lowest BCUT2D eigenvalue weighted by Gasteiger charge is -2.11. The third kappa shape index (κ3) is 2.71. The Morgan fingerprint density at radius 2 is 1.76 bits per heavy atom. The standard InChI is InChI=1S/C12H7F5N2O2/c13-10(14)8-7(11(20)21)9(12(15,16)17)19(18-8)6-4-2-1-3-5-6/h1-5,10H,(H,20,21). The monoisotopic (exact) mass is 306 g/mol. The lowest BCUT2D eigenvalue weighted by Crippen LogP contribution is -2.17. The van der Waals surface area contributed by atoms with E-state index < -0.39 is 35.5 Å². The van der Waals surface area contributed by atoms with Crippen LogP contribution in [0.5, 0.6) is 0 Å². The van der Waals surface area contributed by atoms with E-state index in [2.05, 4.69) is 5.10 Å². The van der Waals surface area contributed by atoms with Crippen LogP contribution in [0.3, 0.4) is 0 Å². The third-order valence-electron chi connectivity index (χ3n) is 2.60. The van der Waals surface area contributed by atoms with E-state index in [-0.39, 0.29) is 10.4 Å². The van der Waals surface area contributed by atoms with Crippen molar-refractivity contribution < 1.29 is 31.9 Å². The molecule has 21 heavy (non-hydrogen) atoms. The van der Waals surface area contributed by atoms with E-state index in [1.165, 1.54) is 30.3 Å². The summed E-state index contributed by atoms with van der Waals surface area (Å²) < 4.78 is 64.9. The van der Waals surface area contributed by atoms with E-state index >= 15 is 0 Å². The van der Waals surface area contributed by atoms with Crippen molar-refractivity contribution in [3.63, 3.8) is 0 Å². The maximum Gasteiger partial charge on any atom is 0.434 e. The summed E-state index contributed by atoms with van der Waals surface area (Å²) in [5.74, 6) is -2.11. The Bertz CT molecular complexity index is 664. The Kier molecular flexibility index (Phi) is 3.67. The van der Waals surface area contributed by atoms with Gasteiger partial charge in [0.2, 0.25) is 0 Å². The maximum absolute atomic E-state index is 13.1. The Balaban J connectivity index is 2.82. The van der Waals surface area contributed by atoms with Crippen LogP contribution in [0, 0.1) is 0 Å². The van der Waals surface area contributed by atoms with Gasteiger partial charge in [-0.05, 0) is 12.1 Å². The quantitative estimate of drug-likeness (QED) is 0.883. The minimum Gasteiger partial charge on any atom is -0.478 e. The number of carboxylic acid groups (broad SMARTS) is 1. The Morgan fingerprint density at radius 3 is 2.19 bits per heavy atom. The number of carboxylic acids is 1. The summed E-state index contributed by atoms with van der Waals surface area (Å²) in [6.07, 6.45) is -8.59. The summed E-state index contributed by atoms with van der Waals surface area (Å²) in [5.41, 5.74) is -4.87. The minimum atomic E-state index is -5.15. The van der Waals surface area contributed by atoms with E-state index in [0.717, 1.165) is 0 Å². The number of carbonyl (C=O) groups is 1. The zero-order chi connectivity index (χ0) is 15.8. The fraction of sp³-hybridized carbons (Fsp3) is 0.167. The Hall–Kier alpha value is -2.45. The highest BCUT2D eigenvalue weighted by molar-refractivity contribution is 5.91. The van der Waals surface area contributed by atoms with Crippen molar-refractivity contribution >= 4 is 5.97 Å². The van der Waals surface area contributed by atoms with Crippen molar-refractivity contribution in [3.8, 4) is 5.69 Å². The maximum atomic E-state index is 13.1. The molecule has 0 radical (unpaired) electrons. The molecule has 4 nitrogen and oxygen atoms in total. The number of rotatable bonds is 3. The van der Waals surface area contributed by atoms with Crippen LogP contribution in [0.2, 0.25) is 0 Å². The highest BCUT2D eigenvalue weighted by atomic mass is 19.4. The minimum absolute atomic E-state index is 0.167. The molecule has 0 saturated heterocycles. The molecule has 1 N–H and O–H groups in total. The number of aromatic nitrogens is 2. The van der Waals surface area contributed by atoms with Crippen LogP contribution in [0.1, 0.15) is 28.2 Å². The largest absolute Gasteiger partial charge is 0.478 e. The molecule has 0 aliphatic carbocycles. The van der Waals surface area contributed by atoms with E-state index in [9.17, 15) is 26.7 Å². The summed E-state index contributed by atoms with van der Waals surface area (Å²) in [4.78, 5) is 11.0. The lowest BCUT2D eigenvalue weighted by atomic mass is 10.1. The van der Waals surface area contributed by atoms with Crippen molar-refractivity contribution in [2.45, 2.75) is 12.6 Å². The molecule has 0 aliphatic rings. The first-order chi connectivity index (χ1) is 9.73. The predicted octanol–water partition coefficient (Wildman–Crippen LogP) is 3.53. The summed E-state index contributed by atoms with van der Waals surface area (Å²) in [7, 11) is 0. The number of hydrogen-bond donors (Lipinski definition) is 1. The van der Waals surface area contributed by atoms with Crippen molar-refractivity contribution in [1.82, 2.24) is 9.78 Å². The molecule has 1 heterocycles. The molecule has 1 aromatic heterocycles. The molecule has 112 valence electrons. The van der Waals surface area contributed by atoms with Gasteiger partial charge in [0.15, 0.2) is 5.69 Å². The van der Waals surface area contributed by atoms with Gasteiger partial charge < -0.3 is 5.11 Å². The van der Waals surface area contributed by atoms with Crippen LogP contribution in [0.25, 0.3) is 5.69 Å². The first-order valence-electron chi connectivity index (χ1n) is 5.50. The molecule has 2 aromatic rings. The average Bonchev–Trinajstić information content (AvgIpc) is 2.80. The highest BCUT2D eigenvalue weighted by Gasteiger charge is 2.44. The van der Waals surface area contributed by atoms with Gasteiger partial charge in [0.05, 0.1) is 5.69 Å². The smallest absolute Gasteiger partial charge is 0.434 e. The number of benzene rings is 1. The van der Waals surface area contributed by atoms with Gasteiger partial charge in [-0.15, -0.1) is 0 Å². The zero-order valence-electron chi connectivity index (χ0n) is 10.1. The fourth-order valence-electron chi connectivity index (χ4n) is 1.82. The van der Waals surface area contributed by atoms with Crippen molar-refractivity contribution in [2.24, 2.45) is 0 Å². The molecule has 9 heteroatoms. The third-order valence-corrected chi connectivity index (χ3v) is 2.60. The predicted molar refractivity (Wildman–Crippen MR) is 60.5 cm³/mol. The van der Waals surface area contributed by atoms with Crippen LogP contribution in [0.4, 0.5) is 22.0 Å². The molecular weight excluding hydrogens is 299 g/mol. The molecule has 0 atom stereocenters. The SMILES string of the molecule is O=C(O)c1c(C(F)F)nn(-c2ccccc2)c1C(F)(F)F. The average molecular weight is 306 g/mol. The molecule has 0 bridgehead atoms. The lowest BCUT2D eigenvalue weighted by molar-refractivity contribution is -0.143. The van der Waals surface area contributed by atoms with Crippen LogP contribution in [-0.2, 0) is 6.18 Å². The number of para-hydroxylation sites is 1. The normalized spacial score (nSPS) is 11.9. The zero-order valence-corrected chi connectivity index (χ0v) is 10.1. The number of halogens is 5. The molecule has 0 fully saturated rings. The molecular formula is C12H7F5N2O2. The molecule has 1 aromatic carbocycles. The van der Waals surface area contributed by atoms with Crippen LogP contribution in [-0.4, -0.2) is 20.9 Å². The molecule has 0 aliphatic heterocycles. The van der Waals surface area contributed by atoms with Gasteiger partial charge in [-0.2, -0.15) is 18.3 Å². The summed E-state index contributed by atoms with van der Waals surface area (Å²) in [6.45, 7) is 0. The second-order valence-electron chi connectivity index (χ2n) is 3.96. The molecule has 0 amide bonds. The Morgan fingerprint density at radius 1 is 1.19 bits per heavy atom. The summed E-state index contributed by atoms with van der Waals surface area (Å²) in [5, 5.41) is 12.0. The summed E-state index contributed by atoms with van der Waals surface area (Å²) in [6, 6.07) is 6.65. The van der Waals surface area contributed by atoms with Gasteiger partial charge in [-0.1, -0.05) is 18.2 Å². The Labute approximate surface area is 114 Å². The van der Waals surface area contributed by atoms with Crippen LogP contribution < -0.4 is 0 Å². The van der Waals surface area contributed by atoms with Gasteiger partial charge in [-0.3, -0.25) is 0 Å². The number of alkyl halides is 5. The van der Waals surface area contributed by atoms with Crippen molar-refractivity contribution in [2.75, 3.05) is 0 Å². The van der Waals surface area contributed by atoms with Crippen LogP contribution >= 0.6 is 0 Å². The molecule has 0 spiro atoms. The fourth-order valence-corrected chi connectivity index (χ4v) is 1.82. The van der Waals surface area contributed by atoms with Gasteiger partial charge >= 0.3 is 12.1 Å². The van der Waals surface area contributed by atoms with Gasteiger partial charge in [0, 0.05) is 0 Å². The van der Waals surface area contributed by atoms with Gasteiger partial charge in [0.1, 0.15) is 11.3 Å². The number of nitrogens with zero attached hydrogens (tertiary/aromatic N) is 2. The molecule has 0 saturated carbocycles. The van der Waals surface area contributed by atoms with Crippen molar-refractivity contribution in [1.29, 1.82) is 0 Å². The topological polar surface area (TPSA) is 55.1 Å². The summed E-state index contributed by atoms with van der Waals surface area (Å²) >= 11 is 0. The second-order valence-corrected chi connectivity index (χ2v) is 3.96. The second kappa shape index (κ2) is 5.15. The van der Waals surface area contributed by atoms with E-state index in [1.807, 2.05) is 0 Å². The molecule has 0 unspecified atom stereocenters. The van der Waals surface area contributed by atoms with E-state index in [1.54, 1.807) is 0 Å². The number of aromatic carboxylic acids is 1. The highest BCUT2D eigenvalue weighted by Crippen LogP contribution is 2.37. The van der Waals surface area contributed by atoms with E-state index in [4.69, 9.17) is 5.11 Å². The van der Waals surface area contributed by atoms with E-state index in [0.29, 0.717) is 0 Å². The molecule has 2 rings (SSSR count). The number of hydrogen-bond acceptors (Lipinski definition) is 2. The first-order valence-corrected chi connectivity index (χ1v) is 5.50. The first kappa shape index (κ1) is 14.9. The van der Waals surface area contributed by atoms with Gasteiger partial charge in [0.25, 0.3) is 6.43 Å². The van der Waals surface area contributed by atoms with Gasteiger partial charge in [-0.25, -0.2) is 18.3 Å².